The molecule has 0 bridgehead atoms. The number of fused-ring (bicyclic) bond motifs is 1. The van der Waals surface area contributed by atoms with Crippen molar-refractivity contribution in [3.63, 3.8) is 0 Å². The second-order valence-corrected chi connectivity index (χ2v) is 9.44. The van der Waals surface area contributed by atoms with Gasteiger partial charge in [-0.2, -0.15) is 5.10 Å². The Hall–Kier alpha value is -3.13. The zero-order chi connectivity index (χ0) is 20.3. The number of pyridine rings is 1. The average molecular weight is 446 g/mol. The first-order chi connectivity index (χ1) is 14.8. The first kappa shape index (κ1) is 18.9. The van der Waals surface area contributed by atoms with E-state index in [1.54, 1.807) is 40.2 Å². The lowest BCUT2D eigenvalue weighted by Crippen LogP contribution is -2.18. The third-order valence-corrected chi connectivity index (χ3v) is 7.46. The number of hydrazone groups is 1. The van der Waals surface area contributed by atoms with Gasteiger partial charge < -0.3 is 0 Å². The Morgan fingerprint density at radius 2 is 1.73 bits per heavy atom. The second-order valence-electron chi connectivity index (χ2n) is 6.43. The zero-order valence-electron chi connectivity index (χ0n) is 15.6. The first-order valence-electron chi connectivity index (χ1n) is 9.19. The minimum atomic E-state index is -0.252. The molecule has 0 aliphatic carbocycles. The molecule has 0 aliphatic heterocycles. The molecule has 0 saturated heterocycles. The Morgan fingerprint density at radius 3 is 2.57 bits per heavy atom. The van der Waals surface area contributed by atoms with Gasteiger partial charge in [-0.3, -0.25) is 4.79 Å². The number of hydrogen-bond acceptors (Lipinski definition) is 6. The van der Waals surface area contributed by atoms with Crippen LogP contribution in [0.5, 0.6) is 0 Å². The number of aromatic nitrogens is 1. The van der Waals surface area contributed by atoms with Crippen molar-refractivity contribution < 1.29 is 4.79 Å². The van der Waals surface area contributed by atoms with Gasteiger partial charge in [-0.1, -0.05) is 30.3 Å². The summed E-state index contributed by atoms with van der Waals surface area (Å²) in [6.45, 7) is 0. The van der Waals surface area contributed by atoms with Crippen molar-refractivity contribution in [3.8, 4) is 20.3 Å². The van der Waals surface area contributed by atoms with Crippen LogP contribution >= 0.6 is 34.0 Å². The van der Waals surface area contributed by atoms with Crippen LogP contribution in [0.2, 0.25) is 0 Å². The Bertz CT molecular complexity index is 1340. The third-order valence-electron chi connectivity index (χ3n) is 4.48. The van der Waals surface area contributed by atoms with Crippen LogP contribution in [0.25, 0.3) is 31.2 Å². The number of hydrogen-bond donors (Lipinski definition) is 1. The molecular weight excluding hydrogens is 430 g/mol. The second kappa shape index (κ2) is 8.31. The number of carbonyl (C=O) groups excluding carboxylic acids is 1. The first-order valence-corrected chi connectivity index (χ1v) is 11.8. The average Bonchev–Trinajstić information content (AvgIpc) is 3.55. The summed E-state index contributed by atoms with van der Waals surface area (Å²) in [4.78, 5) is 22.2. The molecule has 5 aromatic rings. The molecule has 4 heterocycles. The summed E-state index contributed by atoms with van der Waals surface area (Å²) in [7, 11) is 0. The molecule has 1 amide bonds. The molecule has 0 spiro atoms. The summed E-state index contributed by atoms with van der Waals surface area (Å²) in [5, 5.41) is 8.95. The summed E-state index contributed by atoms with van der Waals surface area (Å²) in [6, 6.07) is 21.8. The number of benzene rings is 1. The van der Waals surface area contributed by atoms with Crippen LogP contribution in [0, 0.1) is 0 Å². The van der Waals surface area contributed by atoms with Gasteiger partial charge in [-0.05, 0) is 47.2 Å². The predicted octanol–water partition coefficient (Wildman–Crippen LogP) is 6.52. The minimum Gasteiger partial charge on any atom is -0.267 e. The van der Waals surface area contributed by atoms with E-state index in [0.717, 1.165) is 26.4 Å². The Balaban J connectivity index is 1.51. The summed E-state index contributed by atoms with van der Waals surface area (Å²) in [5.41, 5.74) is 4.78. The van der Waals surface area contributed by atoms with Crippen molar-refractivity contribution >= 4 is 57.0 Å². The topological polar surface area (TPSA) is 54.4 Å². The highest BCUT2D eigenvalue weighted by Gasteiger charge is 2.15. The van der Waals surface area contributed by atoms with Crippen LogP contribution in [0.3, 0.4) is 0 Å². The van der Waals surface area contributed by atoms with Crippen molar-refractivity contribution in [1.29, 1.82) is 0 Å². The van der Waals surface area contributed by atoms with Crippen molar-refractivity contribution in [2.45, 2.75) is 0 Å². The maximum Gasteiger partial charge on any atom is 0.272 e. The van der Waals surface area contributed by atoms with E-state index in [-0.39, 0.29) is 5.91 Å². The summed E-state index contributed by atoms with van der Waals surface area (Å²) in [5.74, 6) is -0.252. The molecule has 1 N–H and O–H groups in total. The number of carbonyl (C=O) groups is 1. The van der Waals surface area contributed by atoms with E-state index in [4.69, 9.17) is 4.98 Å². The molecule has 1 aromatic carbocycles. The number of thiophene rings is 3. The third kappa shape index (κ3) is 3.82. The number of para-hydroxylation sites is 1. The molecule has 0 fully saturated rings. The lowest BCUT2D eigenvalue weighted by molar-refractivity contribution is 0.0957. The van der Waals surface area contributed by atoms with E-state index in [2.05, 4.69) is 34.1 Å². The van der Waals surface area contributed by atoms with Gasteiger partial charge in [0.15, 0.2) is 0 Å². The molecule has 4 nitrogen and oxygen atoms in total. The number of rotatable bonds is 5. The van der Waals surface area contributed by atoms with Gasteiger partial charge >= 0.3 is 0 Å². The maximum atomic E-state index is 12.9. The van der Waals surface area contributed by atoms with E-state index in [1.165, 1.54) is 9.75 Å². The lowest BCUT2D eigenvalue weighted by atomic mass is 10.1. The predicted molar refractivity (Wildman–Crippen MR) is 128 cm³/mol. The van der Waals surface area contributed by atoms with E-state index >= 15 is 0 Å². The van der Waals surface area contributed by atoms with E-state index in [1.807, 2.05) is 53.9 Å². The fourth-order valence-electron chi connectivity index (χ4n) is 3.10. The maximum absolute atomic E-state index is 12.9. The van der Waals surface area contributed by atoms with Crippen LogP contribution in [-0.4, -0.2) is 17.1 Å². The molecule has 0 atom stereocenters. The quantitative estimate of drug-likeness (QED) is 0.247. The van der Waals surface area contributed by atoms with Crippen LogP contribution < -0.4 is 5.43 Å². The highest BCUT2D eigenvalue weighted by molar-refractivity contribution is 7.23. The van der Waals surface area contributed by atoms with Gasteiger partial charge in [-0.15, -0.1) is 34.0 Å². The van der Waals surface area contributed by atoms with Crippen LogP contribution in [0.4, 0.5) is 0 Å². The van der Waals surface area contributed by atoms with E-state index < -0.39 is 0 Å². The fourth-order valence-corrected chi connectivity index (χ4v) is 5.48. The number of amides is 1. The smallest absolute Gasteiger partial charge is 0.267 e. The fraction of sp³-hybridized carbons (Fsp3) is 0. The molecule has 7 heteroatoms. The number of nitrogens with zero attached hydrogens (tertiary/aromatic N) is 2. The standard InChI is InChI=1S/C23H15N3OS3/c27-23(26-24-14-15-5-3-11-28-15)17-13-19(25-18-7-2-1-6-16(17)18)20-9-10-22(30-20)21-8-4-12-29-21/h1-14H,(H,26,27)/b24-14-. The molecule has 4 aromatic heterocycles. The SMILES string of the molecule is O=C(N/N=C\c1cccs1)c1cc(-c2ccc(-c3cccs3)s2)nc2ccccc12. The highest BCUT2D eigenvalue weighted by atomic mass is 32.1. The Morgan fingerprint density at radius 1 is 0.900 bits per heavy atom. The molecule has 0 saturated carbocycles. The normalized spacial score (nSPS) is 11.3. The molecule has 0 aliphatic rings. The Kier molecular flexibility index (Phi) is 5.23. The molecular formula is C23H15N3OS3. The van der Waals surface area contributed by atoms with Gasteiger partial charge in [-0.25, -0.2) is 10.4 Å². The number of nitrogens with one attached hydrogen (secondary N) is 1. The molecule has 146 valence electrons. The monoisotopic (exact) mass is 445 g/mol. The van der Waals surface area contributed by atoms with Gasteiger partial charge in [0.2, 0.25) is 0 Å². The molecule has 5 rings (SSSR count). The zero-order valence-corrected chi connectivity index (χ0v) is 18.1. The summed E-state index contributed by atoms with van der Waals surface area (Å²) < 4.78 is 0. The summed E-state index contributed by atoms with van der Waals surface area (Å²) in [6.07, 6.45) is 1.65. The Labute approximate surface area is 185 Å². The highest BCUT2D eigenvalue weighted by Crippen LogP contribution is 2.36. The minimum absolute atomic E-state index is 0.252. The van der Waals surface area contributed by atoms with Crippen LogP contribution in [0.1, 0.15) is 15.2 Å². The van der Waals surface area contributed by atoms with Crippen molar-refractivity contribution in [1.82, 2.24) is 10.4 Å². The van der Waals surface area contributed by atoms with Gasteiger partial charge in [0.25, 0.3) is 5.91 Å². The summed E-state index contributed by atoms with van der Waals surface area (Å²) >= 11 is 4.96. The molecule has 0 radical (unpaired) electrons. The lowest BCUT2D eigenvalue weighted by Gasteiger charge is -2.08. The van der Waals surface area contributed by atoms with Crippen LogP contribution in [-0.2, 0) is 0 Å². The van der Waals surface area contributed by atoms with Crippen molar-refractivity contribution in [3.05, 3.63) is 87.9 Å². The van der Waals surface area contributed by atoms with Gasteiger partial charge in [0.1, 0.15) is 0 Å². The van der Waals surface area contributed by atoms with Crippen molar-refractivity contribution in [2.24, 2.45) is 5.10 Å². The van der Waals surface area contributed by atoms with Gasteiger partial charge in [0.05, 0.1) is 27.9 Å². The van der Waals surface area contributed by atoms with E-state index in [0.29, 0.717) is 5.56 Å². The van der Waals surface area contributed by atoms with Crippen LogP contribution in [0.15, 0.2) is 82.6 Å². The van der Waals surface area contributed by atoms with Gasteiger partial charge in [0, 0.05) is 20.0 Å². The molecule has 30 heavy (non-hydrogen) atoms. The molecule has 0 unspecified atom stereocenters. The van der Waals surface area contributed by atoms with E-state index in [9.17, 15) is 4.79 Å². The largest absolute Gasteiger partial charge is 0.272 e. The van der Waals surface area contributed by atoms with Crippen molar-refractivity contribution in [2.75, 3.05) is 0 Å².